The van der Waals surface area contributed by atoms with Gasteiger partial charge in [-0.1, -0.05) is 19.1 Å². The molecule has 0 amide bonds. The van der Waals surface area contributed by atoms with Gasteiger partial charge in [0.05, 0.1) is 0 Å². The monoisotopic (exact) mass is 262 g/mol. The Labute approximate surface area is 116 Å². The lowest BCUT2D eigenvalue weighted by Gasteiger charge is -2.33. The van der Waals surface area contributed by atoms with E-state index in [0.29, 0.717) is 12.0 Å². The third-order valence-electron chi connectivity index (χ3n) is 3.89. The Hall–Kier alpha value is -1.06. The summed E-state index contributed by atoms with van der Waals surface area (Å²) in [6.07, 6.45) is 0.838. The molecule has 3 nitrogen and oxygen atoms in total. The van der Waals surface area contributed by atoms with E-state index >= 15 is 0 Å². The van der Waals surface area contributed by atoms with Crippen LogP contribution in [0.5, 0.6) is 0 Å². The van der Waals surface area contributed by atoms with E-state index in [9.17, 15) is 5.11 Å². The highest BCUT2D eigenvalue weighted by molar-refractivity contribution is 5.49. The second kappa shape index (κ2) is 6.40. The van der Waals surface area contributed by atoms with Crippen LogP contribution in [0, 0.1) is 12.8 Å². The summed E-state index contributed by atoms with van der Waals surface area (Å²) < 4.78 is 0. The van der Waals surface area contributed by atoms with E-state index in [1.807, 2.05) is 0 Å². The number of hydrogen-bond donors (Lipinski definition) is 1. The lowest BCUT2D eigenvalue weighted by Crippen LogP contribution is -2.41. The minimum absolute atomic E-state index is 0.259. The molecule has 1 saturated heterocycles. The normalized spacial score (nSPS) is 25.4. The summed E-state index contributed by atoms with van der Waals surface area (Å²) in [6.45, 7) is 7.93. The van der Waals surface area contributed by atoms with E-state index in [4.69, 9.17) is 0 Å². The van der Waals surface area contributed by atoms with Crippen LogP contribution >= 0.6 is 0 Å². The molecule has 1 N–H and O–H groups in total. The van der Waals surface area contributed by atoms with Crippen LogP contribution in [0.1, 0.15) is 18.9 Å². The zero-order chi connectivity index (χ0) is 13.8. The van der Waals surface area contributed by atoms with Crippen molar-refractivity contribution < 1.29 is 5.11 Å². The first-order valence-corrected chi connectivity index (χ1v) is 7.23. The number of anilines is 1. The third kappa shape index (κ3) is 3.71. The average molecular weight is 262 g/mol. The molecule has 2 atom stereocenters. The molecule has 1 aliphatic rings. The summed E-state index contributed by atoms with van der Waals surface area (Å²) in [7, 11) is 2.18. The van der Waals surface area contributed by atoms with Gasteiger partial charge in [0.1, 0.15) is 0 Å². The molecule has 3 heteroatoms. The highest BCUT2D eigenvalue weighted by Crippen LogP contribution is 2.24. The van der Waals surface area contributed by atoms with E-state index in [2.05, 4.69) is 55.0 Å². The number of nitrogens with zero attached hydrogens (tertiary/aromatic N) is 2. The molecule has 2 unspecified atom stereocenters. The Balaban J connectivity index is 2.26. The largest absolute Gasteiger partial charge is 0.396 e. The molecule has 106 valence electrons. The van der Waals surface area contributed by atoms with Gasteiger partial charge in [0.2, 0.25) is 0 Å². The Kier molecular flexibility index (Phi) is 4.83. The Morgan fingerprint density at radius 3 is 2.74 bits per heavy atom. The summed E-state index contributed by atoms with van der Waals surface area (Å²) in [5.74, 6) is 0.647. The molecule has 19 heavy (non-hydrogen) atoms. The summed E-state index contributed by atoms with van der Waals surface area (Å²) >= 11 is 0. The predicted octanol–water partition coefficient (Wildman–Crippen LogP) is 2.13. The Morgan fingerprint density at radius 1 is 1.26 bits per heavy atom. The van der Waals surface area contributed by atoms with E-state index in [1.54, 1.807) is 0 Å². The number of rotatable bonds is 3. The number of hydrogen-bond acceptors (Lipinski definition) is 3. The first-order valence-electron chi connectivity index (χ1n) is 7.23. The predicted molar refractivity (Wildman–Crippen MR) is 80.7 cm³/mol. The van der Waals surface area contributed by atoms with Gasteiger partial charge in [-0.25, -0.2) is 0 Å². The Morgan fingerprint density at radius 2 is 2.05 bits per heavy atom. The fourth-order valence-electron chi connectivity index (χ4n) is 3.13. The van der Waals surface area contributed by atoms with Crippen molar-refractivity contribution in [2.45, 2.75) is 26.3 Å². The maximum absolute atomic E-state index is 9.34. The summed E-state index contributed by atoms with van der Waals surface area (Å²) in [5, 5.41) is 9.34. The molecule has 1 fully saturated rings. The van der Waals surface area contributed by atoms with E-state index in [-0.39, 0.29) is 6.61 Å². The van der Waals surface area contributed by atoms with Crippen molar-refractivity contribution in [3.05, 3.63) is 29.8 Å². The highest BCUT2D eigenvalue weighted by Gasteiger charge is 2.26. The highest BCUT2D eigenvalue weighted by atomic mass is 16.3. The second-order valence-electron chi connectivity index (χ2n) is 5.98. The average Bonchev–Trinajstić information content (AvgIpc) is 2.48. The number of aliphatic hydroxyl groups is 1. The van der Waals surface area contributed by atoms with Crippen LogP contribution in [-0.4, -0.2) is 49.3 Å². The number of likely N-dealkylation sites (N-methyl/N-ethyl adjacent to an activating group) is 1. The van der Waals surface area contributed by atoms with Gasteiger partial charge in [-0.3, -0.25) is 0 Å². The van der Waals surface area contributed by atoms with Crippen molar-refractivity contribution in [1.29, 1.82) is 0 Å². The summed E-state index contributed by atoms with van der Waals surface area (Å²) in [5.41, 5.74) is 2.59. The van der Waals surface area contributed by atoms with Crippen molar-refractivity contribution in [3.8, 4) is 0 Å². The molecule has 1 aliphatic heterocycles. The molecule has 0 aliphatic carbocycles. The fourth-order valence-corrected chi connectivity index (χ4v) is 3.13. The molecular weight excluding hydrogens is 236 g/mol. The molecule has 0 radical (unpaired) electrons. The van der Waals surface area contributed by atoms with Crippen LogP contribution < -0.4 is 4.90 Å². The Bertz CT molecular complexity index is 407. The molecule has 0 saturated carbocycles. The maximum atomic E-state index is 9.34. The number of benzene rings is 1. The lowest BCUT2D eigenvalue weighted by molar-refractivity contribution is 0.250. The summed E-state index contributed by atoms with van der Waals surface area (Å²) in [4.78, 5) is 4.87. The van der Waals surface area contributed by atoms with Crippen LogP contribution in [0.25, 0.3) is 0 Å². The van der Waals surface area contributed by atoms with Crippen molar-refractivity contribution in [3.63, 3.8) is 0 Å². The molecular formula is C16H26N2O. The standard InChI is InChI=1S/C16H26N2O/c1-13-5-4-6-15(9-13)18-11-14(2)10-17(3)12-16(18)7-8-19/h4-6,9,14,16,19H,7-8,10-12H2,1-3H3. The van der Waals surface area contributed by atoms with Gasteiger partial charge >= 0.3 is 0 Å². The quantitative estimate of drug-likeness (QED) is 0.904. The topological polar surface area (TPSA) is 26.7 Å². The first-order chi connectivity index (χ1) is 9.10. The van der Waals surface area contributed by atoms with Crippen molar-refractivity contribution in [1.82, 2.24) is 4.90 Å². The van der Waals surface area contributed by atoms with Gasteiger partial charge in [0, 0.05) is 38.0 Å². The maximum Gasteiger partial charge on any atom is 0.0451 e. The zero-order valence-corrected chi connectivity index (χ0v) is 12.3. The van der Waals surface area contributed by atoms with Gasteiger partial charge in [-0.05, 0) is 44.0 Å². The number of aryl methyl sites for hydroxylation is 1. The summed E-state index contributed by atoms with van der Waals surface area (Å²) in [6, 6.07) is 9.11. The van der Waals surface area contributed by atoms with E-state index in [0.717, 1.165) is 26.1 Å². The lowest BCUT2D eigenvalue weighted by atomic mass is 10.1. The van der Waals surface area contributed by atoms with Crippen LogP contribution in [0.15, 0.2) is 24.3 Å². The molecule has 1 aromatic carbocycles. The van der Waals surface area contributed by atoms with Crippen molar-refractivity contribution in [2.75, 3.05) is 38.2 Å². The minimum atomic E-state index is 0.259. The van der Waals surface area contributed by atoms with Crippen molar-refractivity contribution in [2.24, 2.45) is 5.92 Å². The molecule has 1 heterocycles. The van der Waals surface area contributed by atoms with Crippen LogP contribution in [0.4, 0.5) is 5.69 Å². The van der Waals surface area contributed by atoms with Gasteiger partial charge in [-0.15, -0.1) is 0 Å². The van der Waals surface area contributed by atoms with Crippen LogP contribution in [-0.2, 0) is 0 Å². The smallest absolute Gasteiger partial charge is 0.0451 e. The fraction of sp³-hybridized carbons (Fsp3) is 0.625. The van der Waals surface area contributed by atoms with E-state index in [1.165, 1.54) is 11.3 Å². The molecule has 0 spiro atoms. The van der Waals surface area contributed by atoms with Crippen LogP contribution in [0.2, 0.25) is 0 Å². The van der Waals surface area contributed by atoms with Gasteiger partial charge in [-0.2, -0.15) is 0 Å². The first kappa shape index (κ1) is 14.4. The van der Waals surface area contributed by atoms with Gasteiger partial charge in [0.25, 0.3) is 0 Å². The van der Waals surface area contributed by atoms with Crippen LogP contribution in [0.3, 0.4) is 0 Å². The molecule has 1 aromatic rings. The molecule has 0 aromatic heterocycles. The third-order valence-corrected chi connectivity index (χ3v) is 3.89. The molecule has 0 bridgehead atoms. The van der Waals surface area contributed by atoms with Crippen molar-refractivity contribution >= 4 is 5.69 Å². The van der Waals surface area contributed by atoms with E-state index < -0.39 is 0 Å². The second-order valence-corrected chi connectivity index (χ2v) is 5.98. The van der Waals surface area contributed by atoms with Gasteiger partial charge in [0.15, 0.2) is 0 Å². The zero-order valence-electron chi connectivity index (χ0n) is 12.3. The molecule has 2 rings (SSSR count). The number of aliphatic hydroxyl groups excluding tert-OH is 1. The van der Waals surface area contributed by atoms with Gasteiger partial charge < -0.3 is 14.9 Å². The minimum Gasteiger partial charge on any atom is -0.396 e. The SMILES string of the molecule is Cc1cccc(N2CC(C)CN(C)CC2CCO)c1.